The molecule has 13 heavy (non-hydrogen) atoms. The van der Waals surface area contributed by atoms with E-state index < -0.39 is 0 Å². The summed E-state index contributed by atoms with van der Waals surface area (Å²) < 4.78 is 0. The molecule has 0 bridgehead atoms. The van der Waals surface area contributed by atoms with Crippen molar-refractivity contribution in [2.45, 2.75) is 40.2 Å². The highest BCUT2D eigenvalue weighted by Gasteiger charge is 2.18. The zero-order valence-electron chi connectivity index (χ0n) is 10.0. The molecule has 0 aromatic carbocycles. The minimum atomic E-state index is 0.644. The second-order valence-corrected chi connectivity index (χ2v) is 3.33. The van der Waals surface area contributed by atoms with Crippen molar-refractivity contribution in [1.29, 1.82) is 0 Å². The molecule has 0 aliphatic carbocycles. The summed E-state index contributed by atoms with van der Waals surface area (Å²) >= 11 is 0. The lowest BCUT2D eigenvalue weighted by molar-refractivity contribution is 0.0716. The molecule has 0 amide bonds. The van der Waals surface area contributed by atoms with E-state index in [9.17, 15) is 0 Å². The molecule has 0 saturated carbocycles. The van der Waals surface area contributed by atoms with Gasteiger partial charge in [0.05, 0.1) is 6.17 Å². The molecule has 0 atom stereocenters. The molecular weight excluding hydrogens is 159 g/mol. The van der Waals surface area contributed by atoms with Crippen LogP contribution in [0.1, 0.15) is 27.7 Å². The third-order valence-corrected chi connectivity index (χ3v) is 2.83. The predicted octanol–water partition coefficient (Wildman–Crippen LogP) is 1.05. The van der Waals surface area contributed by atoms with E-state index >= 15 is 0 Å². The highest BCUT2D eigenvalue weighted by atomic mass is 15.3. The molecule has 0 aliphatic rings. The van der Waals surface area contributed by atoms with Crippen LogP contribution in [0.4, 0.5) is 0 Å². The van der Waals surface area contributed by atoms with Gasteiger partial charge in [-0.05, 0) is 26.2 Å². The number of nitrogens with zero attached hydrogens (tertiary/aromatic N) is 2. The predicted molar refractivity (Wildman–Crippen MR) is 63.0 cm³/mol. The lowest BCUT2D eigenvalue weighted by Crippen LogP contribution is -2.47. The molecule has 0 rings (SSSR count). The van der Waals surface area contributed by atoms with E-state index in [1.807, 2.05) is 0 Å². The van der Waals surface area contributed by atoms with Gasteiger partial charge in [-0.1, -0.05) is 34.0 Å². The first kappa shape index (κ1) is 13.0. The summed E-state index contributed by atoms with van der Waals surface area (Å²) in [6, 6.07) is 0. The van der Waals surface area contributed by atoms with Crippen LogP contribution in [0.5, 0.6) is 0 Å². The molecule has 0 aliphatic heterocycles. The summed E-state index contributed by atoms with van der Waals surface area (Å²) in [7, 11) is 2.28. The van der Waals surface area contributed by atoms with Gasteiger partial charge in [-0.2, -0.15) is 0 Å². The van der Waals surface area contributed by atoms with Crippen LogP contribution in [0.3, 0.4) is 0 Å². The van der Waals surface area contributed by atoms with E-state index in [0.29, 0.717) is 6.17 Å². The third kappa shape index (κ3) is 3.69. The largest absolute Gasteiger partial charge is 0.289 e. The van der Waals surface area contributed by atoms with Crippen LogP contribution in [-0.2, 0) is 0 Å². The minimum absolute atomic E-state index is 0.644. The van der Waals surface area contributed by atoms with Gasteiger partial charge in [-0.3, -0.25) is 9.80 Å². The van der Waals surface area contributed by atoms with Gasteiger partial charge in [-0.25, -0.2) is 0 Å². The normalized spacial score (nSPS) is 11.9. The molecule has 2 nitrogen and oxygen atoms in total. The fraction of sp³-hybridized carbons (Fsp3) is 1.00. The summed E-state index contributed by atoms with van der Waals surface area (Å²) in [5.41, 5.74) is 0. The van der Waals surface area contributed by atoms with Crippen molar-refractivity contribution < 1.29 is 0 Å². The van der Waals surface area contributed by atoms with E-state index in [1.165, 1.54) is 6.32 Å². The number of rotatable bonds is 7. The lowest BCUT2D eigenvalue weighted by Gasteiger charge is -2.37. The van der Waals surface area contributed by atoms with Crippen molar-refractivity contribution in [2.75, 3.05) is 26.2 Å². The van der Waals surface area contributed by atoms with E-state index in [4.69, 9.17) is 0 Å². The summed E-state index contributed by atoms with van der Waals surface area (Å²) in [4.78, 5) is 5.07. The van der Waals surface area contributed by atoms with Crippen molar-refractivity contribution in [3.63, 3.8) is 0 Å². The Morgan fingerprint density at radius 1 is 0.846 bits per heavy atom. The Bertz CT molecular complexity index is 99.5. The standard InChI is InChI=1S/C10H25BN2/c1-5-12(6-2)10(9-11)13(7-3)8-4/h10H,5-9,11H2,1-4H3. The lowest BCUT2D eigenvalue weighted by atomic mass is 10.00. The van der Waals surface area contributed by atoms with Crippen LogP contribution in [-0.4, -0.2) is 50.0 Å². The van der Waals surface area contributed by atoms with E-state index in [-0.39, 0.29) is 0 Å². The average molecular weight is 184 g/mol. The molecule has 0 aromatic heterocycles. The SMILES string of the molecule is BCC(N(CC)CC)N(CC)CC. The number of hydrogen-bond donors (Lipinski definition) is 0. The zero-order chi connectivity index (χ0) is 10.3. The molecule has 0 unspecified atom stereocenters. The van der Waals surface area contributed by atoms with Crippen molar-refractivity contribution in [2.24, 2.45) is 0 Å². The van der Waals surface area contributed by atoms with Crippen LogP contribution in [0.2, 0.25) is 6.32 Å². The fourth-order valence-corrected chi connectivity index (χ4v) is 2.04. The van der Waals surface area contributed by atoms with Crippen LogP contribution in [0.15, 0.2) is 0 Å². The Labute approximate surface area is 84.7 Å². The van der Waals surface area contributed by atoms with Gasteiger partial charge in [0.1, 0.15) is 7.85 Å². The van der Waals surface area contributed by atoms with Crippen molar-refractivity contribution in [3.8, 4) is 0 Å². The highest BCUT2D eigenvalue weighted by Crippen LogP contribution is 2.08. The smallest absolute Gasteiger partial charge is 0.105 e. The van der Waals surface area contributed by atoms with Crippen LogP contribution in [0.25, 0.3) is 0 Å². The summed E-state index contributed by atoms with van der Waals surface area (Å²) in [6.45, 7) is 13.6. The van der Waals surface area contributed by atoms with Crippen LogP contribution >= 0.6 is 0 Å². The quantitative estimate of drug-likeness (QED) is 0.431. The van der Waals surface area contributed by atoms with Gasteiger partial charge in [-0.15, -0.1) is 0 Å². The van der Waals surface area contributed by atoms with Crippen molar-refractivity contribution in [1.82, 2.24) is 9.80 Å². The first-order chi connectivity index (χ1) is 6.24. The summed E-state index contributed by atoms with van der Waals surface area (Å²) in [5, 5.41) is 0. The topological polar surface area (TPSA) is 6.48 Å². The average Bonchev–Trinajstić information content (AvgIpc) is 2.18. The van der Waals surface area contributed by atoms with Gasteiger partial charge in [0.25, 0.3) is 0 Å². The van der Waals surface area contributed by atoms with Gasteiger partial charge in [0.15, 0.2) is 0 Å². The molecule has 0 aromatic rings. The van der Waals surface area contributed by atoms with Crippen molar-refractivity contribution in [3.05, 3.63) is 0 Å². The fourth-order valence-electron chi connectivity index (χ4n) is 2.04. The summed E-state index contributed by atoms with van der Waals surface area (Å²) in [6.07, 6.45) is 1.87. The Hall–Kier alpha value is -0.0151. The monoisotopic (exact) mass is 184 g/mol. The second-order valence-electron chi connectivity index (χ2n) is 3.33. The molecule has 0 spiro atoms. The van der Waals surface area contributed by atoms with E-state index in [0.717, 1.165) is 26.2 Å². The van der Waals surface area contributed by atoms with Crippen LogP contribution in [0, 0.1) is 0 Å². The van der Waals surface area contributed by atoms with Gasteiger partial charge < -0.3 is 0 Å². The van der Waals surface area contributed by atoms with E-state index in [2.05, 4.69) is 45.3 Å². The highest BCUT2D eigenvalue weighted by molar-refractivity contribution is 6.08. The maximum absolute atomic E-state index is 2.53. The maximum atomic E-state index is 2.53. The molecule has 0 heterocycles. The van der Waals surface area contributed by atoms with Crippen LogP contribution < -0.4 is 0 Å². The Morgan fingerprint density at radius 2 is 1.15 bits per heavy atom. The molecule has 0 saturated heterocycles. The Balaban J connectivity index is 4.26. The molecule has 0 N–H and O–H groups in total. The van der Waals surface area contributed by atoms with Crippen molar-refractivity contribution >= 4 is 7.85 Å². The van der Waals surface area contributed by atoms with E-state index in [1.54, 1.807) is 0 Å². The molecular formula is C10H25BN2. The Morgan fingerprint density at radius 3 is 1.31 bits per heavy atom. The Kier molecular flexibility index (Phi) is 7.39. The molecule has 0 radical (unpaired) electrons. The first-order valence-corrected chi connectivity index (χ1v) is 5.73. The van der Waals surface area contributed by atoms with Gasteiger partial charge in [0, 0.05) is 0 Å². The molecule has 0 fully saturated rings. The maximum Gasteiger partial charge on any atom is 0.105 e. The minimum Gasteiger partial charge on any atom is -0.289 e. The summed E-state index contributed by atoms with van der Waals surface area (Å²) in [5.74, 6) is 0. The number of hydrogen-bond acceptors (Lipinski definition) is 2. The third-order valence-electron chi connectivity index (χ3n) is 2.83. The second kappa shape index (κ2) is 7.39. The van der Waals surface area contributed by atoms with Gasteiger partial charge >= 0.3 is 0 Å². The molecule has 78 valence electrons. The first-order valence-electron chi connectivity index (χ1n) is 5.73. The molecule has 3 heteroatoms. The zero-order valence-corrected chi connectivity index (χ0v) is 10.0. The van der Waals surface area contributed by atoms with Gasteiger partial charge in [0.2, 0.25) is 0 Å².